The summed E-state index contributed by atoms with van der Waals surface area (Å²) in [4.78, 5) is 12.6. The second kappa shape index (κ2) is 9.99. The molecule has 0 radical (unpaired) electrons. The number of carbonyl (C=O) groups is 1. The minimum absolute atomic E-state index is 0.0716. The highest BCUT2D eigenvalue weighted by atomic mass is 35.5. The fourth-order valence-electron chi connectivity index (χ4n) is 3.18. The molecule has 6 nitrogen and oxygen atoms in total. The Bertz CT molecular complexity index is 1070. The van der Waals surface area contributed by atoms with E-state index in [4.69, 9.17) is 16.3 Å². The molecule has 0 bridgehead atoms. The van der Waals surface area contributed by atoms with Gasteiger partial charge in [0.2, 0.25) is 15.9 Å². The summed E-state index contributed by atoms with van der Waals surface area (Å²) in [5.74, 6) is -0.0636. The maximum absolute atomic E-state index is 13.2. The zero-order valence-electron chi connectivity index (χ0n) is 18.0. The first-order chi connectivity index (χ1) is 14.7. The molecule has 0 fully saturated rings. The van der Waals surface area contributed by atoms with Gasteiger partial charge in [-0.1, -0.05) is 17.7 Å². The summed E-state index contributed by atoms with van der Waals surface area (Å²) in [6.07, 6.45) is -3.98. The van der Waals surface area contributed by atoms with E-state index in [2.05, 4.69) is 5.32 Å². The summed E-state index contributed by atoms with van der Waals surface area (Å²) in [6.45, 7) is 5.32. The number of hydrogen-bond donors (Lipinski definition) is 1. The average Bonchev–Trinajstić information content (AvgIpc) is 2.63. The summed E-state index contributed by atoms with van der Waals surface area (Å²) < 4.78 is 70.4. The van der Waals surface area contributed by atoms with Gasteiger partial charge >= 0.3 is 6.18 Å². The van der Waals surface area contributed by atoms with Crippen LogP contribution in [0.15, 0.2) is 36.4 Å². The van der Waals surface area contributed by atoms with Gasteiger partial charge in [0.15, 0.2) is 0 Å². The van der Waals surface area contributed by atoms with E-state index >= 15 is 0 Å². The predicted octanol–water partition coefficient (Wildman–Crippen LogP) is 4.33. The molecular weight excluding hydrogens is 469 g/mol. The highest BCUT2D eigenvalue weighted by Crippen LogP contribution is 2.37. The summed E-state index contributed by atoms with van der Waals surface area (Å²) in [5.41, 5.74) is 0.517. The number of halogens is 4. The molecule has 1 atom stereocenters. The molecule has 0 saturated heterocycles. The van der Waals surface area contributed by atoms with Gasteiger partial charge in [0.05, 0.1) is 29.1 Å². The molecule has 2 rings (SSSR count). The lowest BCUT2D eigenvalue weighted by Crippen LogP contribution is -2.48. The molecule has 0 saturated carbocycles. The Balaban J connectivity index is 2.13. The van der Waals surface area contributed by atoms with E-state index in [0.29, 0.717) is 16.1 Å². The molecular formula is C21H24ClF3N2O4S. The number of anilines is 1. The van der Waals surface area contributed by atoms with Crippen LogP contribution in [-0.4, -0.2) is 39.8 Å². The third-order valence-electron chi connectivity index (χ3n) is 4.46. The number of hydrogen-bond acceptors (Lipinski definition) is 4. The minimum Gasteiger partial charge on any atom is -0.492 e. The Kier molecular flexibility index (Phi) is 8.06. The van der Waals surface area contributed by atoms with Crippen LogP contribution in [0, 0.1) is 13.8 Å². The highest BCUT2D eigenvalue weighted by molar-refractivity contribution is 7.92. The van der Waals surface area contributed by atoms with E-state index < -0.39 is 38.7 Å². The summed E-state index contributed by atoms with van der Waals surface area (Å²) in [7, 11) is -4.09. The van der Waals surface area contributed by atoms with Crippen molar-refractivity contribution in [2.24, 2.45) is 0 Å². The first kappa shape index (κ1) is 25.8. The Hall–Kier alpha value is -2.46. The van der Waals surface area contributed by atoms with E-state index in [1.165, 1.54) is 6.92 Å². The fourth-order valence-corrected chi connectivity index (χ4v) is 4.57. The largest absolute Gasteiger partial charge is 0.492 e. The standard InChI is InChI=1S/C21H24ClF3N2O4S/c1-13-9-14(2)11-17(10-13)31-8-7-26-20(28)15(3)27(32(4,29)30)16-5-6-19(22)18(12-16)21(23,24)25/h5-6,9-12,15H,7-8H2,1-4H3,(H,26,28)/t15-/m0/s1. The van der Waals surface area contributed by atoms with Crippen molar-refractivity contribution < 1.29 is 31.1 Å². The lowest BCUT2D eigenvalue weighted by molar-refractivity contribution is -0.137. The molecule has 0 heterocycles. The van der Waals surface area contributed by atoms with Gasteiger partial charge in [-0.3, -0.25) is 9.10 Å². The van der Waals surface area contributed by atoms with Crippen molar-refractivity contribution in [2.45, 2.75) is 33.0 Å². The molecule has 2 aromatic rings. The van der Waals surface area contributed by atoms with Crippen molar-refractivity contribution in [1.29, 1.82) is 0 Å². The van der Waals surface area contributed by atoms with E-state index in [9.17, 15) is 26.4 Å². The van der Waals surface area contributed by atoms with Crippen molar-refractivity contribution in [3.8, 4) is 5.75 Å². The van der Waals surface area contributed by atoms with Gasteiger partial charge in [0, 0.05) is 0 Å². The molecule has 0 aliphatic rings. The van der Waals surface area contributed by atoms with E-state index in [0.717, 1.165) is 29.5 Å². The molecule has 1 amide bonds. The number of benzene rings is 2. The smallest absolute Gasteiger partial charge is 0.417 e. The second-order valence-electron chi connectivity index (χ2n) is 7.36. The van der Waals surface area contributed by atoms with Crippen LogP contribution in [0.5, 0.6) is 5.75 Å². The molecule has 0 spiro atoms. The Labute approximate surface area is 190 Å². The number of alkyl halides is 3. The number of carbonyl (C=O) groups excluding carboxylic acids is 1. The molecule has 0 aliphatic carbocycles. The third-order valence-corrected chi connectivity index (χ3v) is 6.03. The van der Waals surface area contributed by atoms with Gasteiger partial charge in [-0.05, 0) is 62.2 Å². The van der Waals surface area contributed by atoms with E-state index in [1.807, 2.05) is 32.0 Å². The summed E-state index contributed by atoms with van der Waals surface area (Å²) in [6, 6.07) is 7.01. The van der Waals surface area contributed by atoms with Crippen LogP contribution in [0.3, 0.4) is 0 Å². The zero-order valence-corrected chi connectivity index (χ0v) is 19.5. The van der Waals surface area contributed by atoms with Gasteiger partial charge in [0.25, 0.3) is 0 Å². The number of ether oxygens (including phenoxy) is 1. The van der Waals surface area contributed by atoms with Crippen molar-refractivity contribution in [3.05, 3.63) is 58.1 Å². The summed E-state index contributed by atoms with van der Waals surface area (Å²) in [5, 5.41) is 1.97. The predicted molar refractivity (Wildman–Crippen MR) is 118 cm³/mol. The normalized spacial score (nSPS) is 12.9. The molecule has 0 aliphatic heterocycles. The lowest BCUT2D eigenvalue weighted by atomic mass is 10.1. The van der Waals surface area contributed by atoms with Crippen LogP contribution in [0.4, 0.5) is 18.9 Å². The molecule has 0 aromatic heterocycles. The van der Waals surface area contributed by atoms with Crippen LogP contribution in [0.1, 0.15) is 23.6 Å². The lowest BCUT2D eigenvalue weighted by Gasteiger charge is -2.29. The van der Waals surface area contributed by atoms with Crippen LogP contribution in [0.2, 0.25) is 5.02 Å². The molecule has 2 aromatic carbocycles. The van der Waals surface area contributed by atoms with Gasteiger partial charge < -0.3 is 10.1 Å². The SMILES string of the molecule is Cc1cc(C)cc(OCCNC(=O)[C@H](C)N(c2ccc(Cl)c(C(F)(F)F)c2)S(C)(=O)=O)c1. The van der Waals surface area contributed by atoms with Crippen molar-refractivity contribution in [3.63, 3.8) is 0 Å². The molecule has 32 heavy (non-hydrogen) atoms. The second-order valence-corrected chi connectivity index (χ2v) is 9.63. The maximum Gasteiger partial charge on any atom is 0.417 e. The van der Waals surface area contributed by atoms with Crippen molar-refractivity contribution >= 4 is 33.2 Å². The Morgan fingerprint density at radius 3 is 2.28 bits per heavy atom. The third kappa shape index (κ3) is 6.77. The first-order valence-electron chi connectivity index (χ1n) is 9.55. The molecule has 1 N–H and O–H groups in total. The molecule has 176 valence electrons. The van der Waals surface area contributed by atoms with Crippen LogP contribution in [-0.2, 0) is 21.0 Å². The van der Waals surface area contributed by atoms with E-state index in [-0.39, 0.29) is 18.8 Å². The zero-order chi connectivity index (χ0) is 24.3. The minimum atomic E-state index is -4.78. The number of nitrogens with one attached hydrogen (secondary N) is 1. The van der Waals surface area contributed by atoms with Crippen LogP contribution in [0.25, 0.3) is 0 Å². The topological polar surface area (TPSA) is 75.7 Å². The number of amides is 1. The Morgan fingerprint density at radius 2 is 1.75 bits per heavy atom. The molecule has 0 unspecified atom stereocenters. The highest BCUT2D eigenvalue weighted by Gasteiger charge is 2.36. The van der Waals surface area contributed by atoms with E-state index in [1.54, 1.807) is 0 Å². The monoisotopic (exact) mass is 492 g/mol. The Morgan fingerprint density at radius 1 is 1.16 bits per heavy atom. The van der Waals surface area contributed by atoms with Crippen molar-refractivity contribution in [2.75, 3.05) is 23.7 Å². The first-order valence-corrected chi connectivity index (χ1v) is 11.8. The fraction of sp³-hybridized carbons (Fsp3) is 0.381. The van der Waals surface area contributed by atoms with Gasteiger partial charge in [-0.25, -0.2) is 8.42 Å². The van der Waals surface area contributed by atoms with Gasteiger partial charge in [-0.2, -0.15) is 13.2 Å². The number of aryl methyl sites for hydroxylation is 2. The number of sulfonamides is 1. The van der Waals surface area contributed by atoms with Gasteiger partial charge in [0.1, 0.15) is 18.4 Å². The summed E-state index contributed by atoms with van der Waals surface area (Å²) >= 11 is 5.62. The average molecular weight is 493 g/mol. The maximum atomic E-state index is 13.2. The molecule has 11 heteroatoms. The van der Waals surface area contributed by atoms with Gasteiger partial charge in [-0.15, -0.1) is 0 Å². The number of rotatable bonds is 8. The van der Waals surface area contributed by atoms with Crippen LogP contribution < -0.4 is 14.4 Å². The number of nitrogens with zero attached hydrogens (tertiary/aromatic N) is 1. The quantitative estimate of drug-likeness (QED) is 0.557. The van der Waals surface area contributed by atoms with Crippen LogP contribution >= 0.6 is 11.6 Å². The van der Waals surface area contributed by atoms with Crippen molar-refractivity contribution in [1.82, 2.24) is 5.32 Å².